The van der Waals surface area contributed by atoms with Crippen LogP contribution in [0.3, 0.4) is 0 Å². The molecule has 0 amide bonds. The maximum atomic E-state index is 8.44. The topological polar surface area (TPSA) is 54.7 Å². The Balaban J connectivity index is 2.96. The summed E-state index contributed by atoms with van der Waals surface area (Å²) in [5, 5.41) is 8.44. The number of aryl methyl sites for hydroxylation is 1. The Morgan fingerprint density at radius 3 is 2.90 bits per heavy atom. The molecular weight excluding hydrogens is 126 g/mol. The molecule has 3 heteroatoms. The largest absolute Gasteiger partial charge is 0.352 e. The summed E-state index contributed by atoms with van der Waals surface area (Å²) in [4.78, 5) is 0. The van der Waals surface area contributed by atoms with Gasteiger partial charge in [0.1, 0.15) is 6.04 Å². The van der Waals surface area contributed by atoms with Gasteiger partial charge in [-0.05, 0) is 12.1 Å². The van der Waals surface area contributed by atoms with Crippen molar-refractivity contribution in [1.82, 2.24) is 4.57 Å². The molecule has 0 fully saturated rings. The van der Waals surface area contributed by atoms with Crippen LogP contribution in [0.2, 0.25) is 0 Å². The molecule has 1 heterocycles. The second-order valence-electron chi connectivity index (χ2n) is 2.15. The molecule has 0 aromatic carbocycles. The van der Waals surface area contributed by atoms with E-state index in [1.165, 1.54) is 0 Å². The van der Waals surface area contributed by atoms with Gasteiger partial charge in [-0.3, -0.25) is 0 Å². The first-order valence-electron chi connectivity index (χ1n) is 3.02. The van der Waals surface area contributed by atoms with Crippen molar-refractivity contribution in [3.05, 3.63) is 24.0 Å². The first-order chi connectivity index (χ1) is 4.75. The first-order valence-corrected chi connectivity index (χ1v) is 3.02. The van der Waals surface area contributed by atoms with Gasteiger partial charge in [-0.25, -0.2) is 0 Å². The maximum Gasteiger partial charge on any atom is 0.133 e. The Hall–Kier alpha value is -1.27. The molecule has 0 saturated carbocycles. The van der Waals surface area contributed by atoms with Gasteiger partial charge in [0.25, 0.3) is 0 Å². The normalized spacial score (nSPS) is 12.5. The summed E-state index contributed by atoms with van der Waals surface area (Å²) in [6, 6.07) is 5.17. The molecule has 0 spiro atoms. The highest BCUT2D eigenvalue weighted by molar-refractivity contribution is 5.16. The average Bonchev–Trinajstić information content (AvgIpc) is 2.34. The van der Waals surface area contributed by atoms with E-state index in [2.05, 4.69) is 0 Å². The molecule has 0 aliphatic heterocycles. The van der Waals surface area contributed by atoms with Gasteiger partial charge in [-0.1, -0.05) is 0 Å². The SMILES string of the molecule is Cn1cccc1C(N)C#N. The second-order valence-corrected chi connectivity index (χ2v) is 2.15. The van der Waals surface area contributed by atoms with Gasteiger partial charge in [0, 0.05) is 18.9 Å². The molecule has 1 atom stereocenters. The number of rotatable bonds is 1. The lowest BCUT2D eigenvalue weighted by Gasteiger charge is -2.02. The van der Waals surface area contributed by atoms with Gasteiger partial charge in [0.05, 0.1) is 6.07 Å². The summed E-state index contributed by atoms with van der Waals surface area (Å²) in [5.74, 6) is 0. The van der Waals surface area contributed by atoms with Gasteiger partial charge in [0.15, 0.2) is 0 Å². The third kappa shape index (κ3) is 1.02. The van der Waals surface area contributed by atoms with Crippen LogP contribution < -0.4 is 5.73 Å². The molecule has 3 nitrogen and oxygen atoms in total. The van der Waals surface area contributed by atoms with Gasteiger partial charge >= 0.3 is 0 Å². The van der Waals surface area contributed by atoms with Gasteiger partial charge in [0.2, 0.25) is 0 Å². The minimum Gasteiger partial charge on any atom is -0.352 e. The first kappa shape index (κ1) is 6.84. The predicted octanol–water partition coefficient (Wildman–Crippen LogP) is 0.548. The molecule has 10 heavy (non-hydrogen) atoms. The van der Waals surface area contributed by atoms with E-state index in [0.717, 1.165) is 5.69 Å². The molecule has 0 aliphatic rings. The number of hydrogen-bond acceptors (Lipinski definition) is 2. The van der Waals surface area contributed by atoms with Crippen LogP contribution >= 0.6 is 0 Å². The van der Waals surface area contributed by atoms with E-state index in [-0.39, 0.29) is 0 Å². The van der Waals surface area contributed by atoms with E-state index in [1.54, 1.807) is 0 Å². The van der Waals surface area contributed by atoms with Crippen LogP contribution in [0.1, 0.15) is 11.7 Å². The molecular formula is C7H9N3. The molecule has 1 aromatic rings. The summed E-state index contributed by atoms with van der Waals surface area (Å²) >= 11 is 0. The monoisotopic (exact) mass is 135 g/mol. The summed E-state index contributed by atoms with van der Waals surface area (Å²) in [6.45, 7) is 0. The molecule has 0 aliphatic carbocycles. The number of hydrogen-bond donors (Lipinski definition) is 1. The Kier molecular flexibility index (Phi) is 1.74. The number of nitriles is 1. The molecule has 0 bridgehead atoms. The molecule has 1 unspecified atom stereocenters. The zero-order chi connectivity index (χ0) is 7.56. The van der Waals surface area contributed by atoms with E-state index in [9.17, 15) is 0 Å². The number of nitrogens with two attached hydrogens (primary N) is 1. The van der Waals surface area contributed by atoms with Crippen molar-refractivity contribution in [2.75, 3.05) is 0 Å². The Morgan fingerprint density at radius 1 is 1.80 bits per heavy atom. The summed E-state index contributed by atoms with van der Waals surface area (Å²) in [7, 11) is 1.87. The standard InChI is InChI=1S/C7H9N3/c1-10-4-2-3-7(10)6(9)5-8/h2-4,6H,9H2,1H3. The summed E-state index contributed by atoms with van der Waals surface area (Å²) < 4.78 is 1.84. The molecule has 2 N–H and O–H groups in total. The quantitative estimate of drug-likeness (QED) is 0.611. The van der Waals surface area contributed by atoms with E-state index >= 15 is 0 Å². The van der Waals surface area contributed by atoms with Crippen LogP contribution in [0, 0.1) is 11.3 Å². The van der Waals surface area contributed by atoms with Crippen LogP contribution in [0.25, 0.3) is 0 Å². The zero-order valence-electron chi connectivity index (χ0n) is 5.78. The third-order valence-electron chi connectivity index (χ3n) is 1.44. The van der Waals surface area contributed by atoms with Crippen molar-refractivity contribution in [2.45, 2.75) is 6.04 Å². The average molecular weight is 135 g/mol. The van der Waals surface area contributed by atoms with E-state index in [1.807, 2.05) is 36.0 Å². The van der Waals surface area contributed by atoms with Crippen molar-refractivity contribution < 1.29 is 0 Å². The van der Waals surface area contributed by atoms with E-state index in [4.69, 9.17) is 11.0 Å². The molecule has 52 valence electrons. The lowest BCUT2D eigenvalue weighted by Crippen LogP contribution is -2.10. The zero-order valence-corrected chi connectivity index (χ0v) is 5.78. The van der Waals surface area contributed by atoms with Gasteiger partial charge in [-0.15, -0.1) is 0 Å². The molecule has 0 saturated heterocycles. The highest BCUT2D eigenvalue weighted by Crippen LogP contribution is 2.07. The minimum absolute atomic E-state index is 0.500. The smallest absolute Gasteiger partial charge is 0.133 e. The molecule has 0 radical (unpaired) electrons. The van der Waals surface area contributed by atoms with Crippen LogP contribution in [0.5, 0.6) is 0 Å². The Labute approximate surface area is 59.7 Å². The van der Waals surface area contributed by atoms with Crippen LogP contribution in [-0.2, 0) is 7.05 Å². The lowest BCUT2D eigenvalue weighted by molar-refractivity contribution is 0.773. The van der Waals surface area contributed by atoms with Crippen LogP contribution in [0.4, 0.5) is 0 Å². The van der Waals surface area contributed by atoms with E-state index < -0.39 is 6.04 Å². The van der Waals surface area contributed by atoms with Crippen molar-refractivity contribution in [2.24, 2.45) is 12.8 Å². The summed E-state index contributed by atoms with van der Waals surface area (Å²) in [5.41, 5.74) is 6.31. The van der Waals surface area contributed by atoms with Crippen molar-refractivity contribution >= 4 is 0 Å². The molecule has 1 rings (SSSR count). The van der Waals surface area contributed by atoms with Crippen LogP contribution in [0.15, 0.2) is 18.3 Å². The Bertz CT molecular complexity index is 256. The van der Waals surface area contributed by atoms with Crippen molar-refractivity contribution in [3.8, 4) is 6.07 Å². The van der Waals surface area contributed by atoms with E-state index in [0.29, 0.717) is 0 Å². The van der Waals surface area contributed by atoms with Crippen LogP contribution in [-0.4, -0.2) is 4.57 Å². The fourth-order valence-corrected chi connectivity index (χ4v) is 0.864. The lowest BCUT2D eigenvalue weighted by atomic mass is 10.2. The Morgan fingerprint density at radius 2 is 2.50 bits per heavy atom. The highest BCUT2D eigenvalue weighted by atomic mass is 14.9. The third-order valence-corrected chi connectivity index (χ3v) is 1.44. The van der Waals surface area contributed by atoms with Crippen molar-refractivity contribution in [3.63, 3.8) is 0 Å². The summed E-state index contributed by atoms with van der Waals surface area (Å²) in [6.07, 6.45) is 1.87. The predicted molar refractivity (Wildman–Crippen MR) is 38.0 cm³/mol. The van der Waals surface area contributed by atoms with Gasteiger partial charge < -0.3 is 10.3 Å². The number of nitrogens with zero attached hydrogens (tertiary/aromatic N) is 2. The molecule has 1 aromatic heterocycles. The van der Waals surface area contributed by atoms with Gasteiger partial charge in [-0.2, -0.15) is 5.26 Å². The van der Waals surface area contributed by atoms with Crippen molar-refractivity contribution in [1.29, 1.82) is 5.26 Å². The minimum atomic E-state index is -0.500. The second kappa shape index (κ2) is 2.54. The highest BCUT2D eigenvalue weighted by Gasteiger charge is 2.05. The fraction of sp³-hybridized carbons (Fsp3) is 0.286. The maximum absolute atomic E-state index is 8.44. The number of aromatic nitrogens is 1. The fourth-order valence-electron chi connectivity index (χ4n) is 0.864.